The molecule has 0 aliphatic carbocycles. The lowest BCUT2D eigenvalue weighted by Crippen LogP contribution is -2.04. The van der Waals surface area contributed by atoms with Crippen molar-refractivity contribution in [2.24, 2.45) is 0 Å². The molecule has 122 valence electrons. The fourth-order valence-corrected chi connectivity index (χ4v) is 2.82. The second-order valence-corrected chi connectivity index (χ2v) is 6.32. The first-order chi connectivity index (χ1) is 11.1. The summed E-state index contributed by atoms with van der Waals surface area (Å²) in [5.74, 6) is 0.405. The standard InChI is InChI=1S/C21H26O2/c1-16-7-9-18(10-8-16)19-11-13-20(14-12-19)21(15-22)6-4-3-5-17(2)23/h7-14,21-22H,3-6,15H2,1-2H3. The van der Waals surface area contributed by atoms with Crippen LogP contribution in [0.2, 0.25) is 0 Å². The third-order valence-electron chi connectivity index (χ3n) is 4.32. The van der Waals surface area contributed by atoms with Gasteiger partial charge in [0.15, 0.2) is 0 Å². The lowest BCUT2D eigenvalue weighted by molar-refractivity contribution is -0.117. The van der Waals surface area contributed by atoms with Gasteiger partial charge in [0.25, 0.3) is 0 Å². The molecule has 0 aliphatic heterocycles. The van der Waals surface area contributed by atoms with E-state index in [0.717, 1.165) is 19.3 Å². The van der Waals surface area contributed by atoms with Crippen LogP contribution in [-0.2, 0) is 4.79 Å². The van der Waals surface area contributed by atoms with Crippen molar-refractivity contribution >= 4 is 5.78 Å². The molecule has 23 heavy (non-hydrogen) atoms. The van der Waals surface area contributed by atoms with Gasteiger partial charge in [-0.3, -0.25) is 0 Å². The first-order valence-electron chi connectivity index (χ1n) is 8.37. The quantitative estimate of drug-likeness (QED) is 0.705. The second-order valence-electron chi connectivity index (χ2n) is 6.32. The third-order valence-corrected chi connectivity index (χ3v) is 4.32. The van der Waals surface area contributed by atoms with Crippen molar-refractivity contribution in [3.63, 3.8) is 0 Å². The number of aliphatic hydroxyl groups is 1. The van der Waals surface area contributed by atoms with Crippen LogP contribution in [-0.4, -0.2) is 17.5 Å². The minimum atomic E-state index is 0.157. The van der Waals surface area contributed by atoms with Gasteiger partial charge in [-0.25, -0.2) is 0 Å². The molecule has 0 fully saturated rings. The molecule has 2 aromatic rings. The summed E-state index contributed by atoms with van der Waals surface area (Å²) in [6, 6.07) is 17.0. The van der Waals surface area contributed by atoms with Crippen LogP contribution in [0.1, 0.15) is 49.7 Å². The van der Waals surface area contributed by atoms with Gasteiger partial charge in [-0.15, -0.1) is 0 Å². The molecule has 2 aromatic carbocycles. The van der Waals surface area contributed by atoms with Crippen LogP contribution in [0.15, 0.2) is 48.5 Å². The molecule has 0 heterocycles. The second kappa shape index (κ2) is 8.64. The van der Waals surface area contributed by atoms with E-state index in [0.29, 0.717) is 6.42 Å². The highest BCUT2D eigenvalue weighted by Gasteiger charge is 2.10. The predicted molar refractivity (Wildman–Crippen MR) is 95.6 cm³/mol. The summed E-state index contributed by atoms with van der Waals surface area (Å²) in [6.07, 6.45) is 3.45. The minimum Gasteiger partial charge on any atom is -0.396 e. The number of hydrogen-bond donors (Lipinski definition) is 1. The molecular weight excluding hydrogens is 284 g/mol. The van der Waals surface area contributed by atoms with Crippen molar-refractivity contribution in [1.82, 2.24) is 0 Å². The van der Waals surface area contributed by atoms with Gasteiger partial charge < -0.3 is 9.90 Å². The fraction of sp³-hybridized carbons (Fsp3) is 0.381. The SMILES string of the molecule is CC(=O)CCCCC(CO)c1ccc(-c2ccc(C)cc2)cc1. The van der Waals surface area contributed by atoms with Crippen molar-refractivity contribution in [2.75, 3.05) is 6.61 Å². The molecule has 0 amide bonds. The van der Waals surface area contributed by atoms with Crippen LogP contribution >= 0.6 is 0 Å². The summed E-state index contributed by atoms with van der Waals surface area (Å²) in [4.78, 5) is 11.0. The third kappa shape index (κ3) is 5.33. The minimum absolute atomic E-state index is 0.157. The molecule has 2 nitrogen and oxygen atoms in total. The average molecular weight is 310 g/mol. The van der Waals surface area contributed by atoms with Crippen molar-refractivity contribution in [1.29, 1.82) is 0 Å². The number of ketones is 1. The summed E-state index contributed by atoms with van der Waals surface area (Å²) in [5.41, 5.74) is 4.84. The molecule has 2 heteroatoms. The molecule has 1 N–H and O–H groups in total. The lowest BCUT2D eigenvalue weighted by atomic mass is 9.92. The van der Waals surface area contributed by atoms with Gasteiger partial charge in [-0.05, 0) is 43.4 Å². The van der Waals surface area contributed by atoms with Crippen LogP contribution < -0.4 is 0 Å². The summed E-state index contributed by atoms with van der Waals surface area (Å²) in [7, 11) is 0. The van der Waals surface area contributed by atoms with Gasteiger partial charge in [-0.1, -0.05) is 60.5 Å². The molecule has 0 radical (unpaired) electrons. The van der Waals surface area contributed by atoms with E-state index < -0.39 is 0 Å². The Kier molecular flexibility index (Phi) is 6.54. The highest BCUT2D eigenvalue weighted by atomic mass is 16.3. The zero-order chi connectivity index (χ0) is 16.7. The Bertz CT molecular complexity index is 611. The first-order valence-corrected chi connectivity index (χ1v) is 8.37. The largest absolute Gasteiger partial charge is 0.396 e. The maximum absolute atomic E-state index is 11.0. The summed E-state index contributed by atoms with van der Waals surface area (Å²) >= 11 is 0. The summed E-state index contributed by atoms with van der Waals surface area (Å²) in [5, 5.41) is 9.64. The van der Waals surface area contributed by atoms with E-state index >= 15 is 0 Å². The highest BCUT2D eigenvalue weighted by Crippen LogP contribution is 2.26. The number of carbonyl (C=O) groups excluding carboxylic acids is 1. The Morgan fingerprint density at radius 3 is 2.04 bits per heavy atom. The maximum Gasteiger partial charge on any atom is 0.129 e. The highest BCUT2D eigenvalue weighted by molar-refractivity contribution is 5.75. The van der Waals surface area contributed by atoms with Crippen LogP contribution in [0.5, 0.6) is 0 Å². The number of benzene rings is 2. The number of aryl methyl sites for hydroxylation is 1. The van der Waals surface area contributed by atoms with Crippen molar-refractivity contribution in [3.8, 4) is 11.1 Å². The van der Waals surface area contributed by atoms with Crippen LogP contribution in [0, 0.1) is 6.92 Å². The molecule has 0 aliphatic rings. The molecule has 0 bridgehead atoms. The average Bonchev–Trinajstić information content (AvgIpc) is 2.56. The number of Topliss-reactive ketones (excluding diaryl/α,β-unsaturated/α-hetero) is 1. The molecular formula is C21H26O2. The van der Waals surface area contributed by atoms with Gasteiger partial charge >= 0.3 is 0 Å². The Morgan fingerprint density at radius 2 is 1.52 bits per heavy atom. The van der Waals surface area contributed by atoms with E-state index in [-0.39, 0.29) is 18.3 Å². The topological polar surface area (TPSA) is 37.3 Å². The molecule has 2 rings (SSSR count). The van der Waals surface area contributed by atoms with Crippen molar-refractivity contribution in [2.45, 2.75) is 45.4 Å². The summed E-state index contributed by atoms with van der Waals surface area (Å²) in [6.45, 7) is 3.88. The van der Waals surface area contributed by atoms with Crippen molar-refractivity contribution in [3.05, 3.63) is 59.7 Å². The fourth-order valence-electron chi connectivity index (χ4n) is 2.82. The van der Waals surface area contributed by atoms with E-state index in [1.807, 2.05) is 0 Å². The Balaban J connectivity index is 1.99. The molecule has 0 saturated heterocycles. The van der Waals surface area contributed by atoms with E-state index in [1.54, 1.807) is 6.92 Å². The molecule has 1 unspecified atom stereocenters. The zero-order valence-electron chi connectivity index (χ0n) is 14.1. The lowest BCUT2D eigenvalue weighted by Gasteiger charge is -2.15. The maximum atomic E-state index is 11.0. The summed E-state index contributed by atoms with van der Waals surface area (Å²) < 4.78 is 0. The number of carbonyl (C=O) groups is 1. The van der Waals surface area contributed by atoms with Gasteiger partial charge in [-0.2, -0.15) is 0 Å². The van der Waals surface area contributed by atoms with Gasteiger partial charge in [0.1, 0.15) is 5.78 Å². The van der Waals surface area contributed by atoms with Gasteiger partial charge in [0.2, 0.25) is 0 Å². The Labute approximate surface area is 139 Å². The van der Waals surface area contributed by atoms with E-state index in [4.69, 9.17) is 0 Å². The van der Waals surface area contributed by atoms with Gasteiger partial charge in [0.05, 0.1) is 0 Å². The monoisotopic (exact) mass is 310 g/mol. The smallest absolute Gasteiger partial charge is 0.129 e. The molecule has 1 atom stereocenters. The Hall–Kier alpha value is -1.93. The molecule has 0 spiro atoms. The van der Waals surface area contributed by atoms with Gasteiger partial charge in [0, 0.05) is 18.9 Å². The van der Waals surface area contributed by atoms with E-state index in [1.165, 1.54) is 22.3 Å². The normalized spacial score (nSPS) is 12.1. The number of unbranched alkanes of at least 4 members (excludes halogenated alkanes) is 1. The van der Waals surface area contributed by atoms with E-state index in [2.05, 4.69) is 55.5 Å². The first kappa shape index (κ1) is 17.4. The molecule has 0 aromatic heterocycles. The number of aliphatic hydroxyl groups excluding tert-OH is 1. The van der Waals surface area contributed by atoms with E-state index in [9.17, 15) is 9.90 Å². The Morgan fingerprint density at radius 1 is 0.957 bits per heavy atom. The van der Waals surface area contributed by atoms with Crippen LogP contribution in [0.25, 0.3) is 11.1 Å². The predicted octanol–water partition coefficient (Wildman–Crippen LogP) is 4.89. The van der Waals surface area contributed by atoms with Crippen LogP contribution in [0.4, 0.5) is 0 Å². The van der Waals surface area contributed by atoms with Crippen LogP contribution in [0.3, 0.4) is 0 Å². The van der Waals surface area contributed by atoms with Crippen molar-refractivity contribution < 1.29 is 9.90 Å². The number of hydrogen-bond acceptors (Lipinski definition) is 2. The number of rotatable bonds is 8. The zero-order valence-corrected chi connectivity index (χ0v) is 14.1. The molecule has 0 saturated carbocycles.